The van der Waals surface area contributed by atoms with Gasteiger partial charge in [0.2, 0.25) is 0 Å². The van der Waals surface area contributed by atoms with E-state index in [9.17, 15) is 0 Å². The first-order chi connectivity index (χ1) is 7.79. The fraction of sp³-hybridized carbons (Fsp3) is 0.636. The van der Waals surface area contributed by atoms with Gasteiger partial charge in [-0.15, -0.1) is 0 Å². The van der Waals surface area contributed by atoms with Gasteiger partial charge in [0.05, 0.1) is 0 Å². The minimum atomic E-state index is 0.695. The van der Waals surface area contributed by atoms with Crippen LogP contribution in [0.5, 0.6) is 0 Å². The van der Waals surface area contributed by atoms with Crippen LogP contribution in [0.1, 0.15) is 19.3 Å². The van der Waals surface area contributed by atoms with E-state index in [2.05, 4.69) is 36.1 Å². The van der Waals surface area contributed by atoms with Gasteiger partial charge in [-0.05, 0) is 41.1 Å². The summed E-state index contributed by atoms with van der Waals surface area (Å²) in [6.45, 7) is 1.16. The molecule has 1 aromatic rings. The molecule has 2 atom stereocenters. The van der Waals surface area contributed by atoms with Crippen LogP contribution in [-0.4, -0.2) is 29.6 Å². The van der Waals surface area contributed by atoms with Crippen LogP contribution >= 0.6 is 15.9 Å². The molecule has 0 radical (unpaired) electrons. The molecule has 1 saturated heterocycles. The van der Waals surface area contributed by atoms with Gasteiger partial charge in [0.25, 0.3) is 0 Å². The van der Waals surface area contributed by atoms with E-state index in [1.54, 1.807) is 6.33 Å². The fourth-order valence-electron chi connectivity index (χ4n) is 2.92. The summed E-state index contributed by atoms with van der Waals surface area (Å²) in [5.74, 6) is 2.80. The lowest BCUT2D eigenvalue weighted by Gasteiger charge is -2.29. The molecule has 2 bridgehead atoms. The molecule has 2 fully saturated rings. The SMILES string of the molecule is CNc1ncnc(N2CC3CCC2C3)c1Br. The van der Waals surface area contributed by atoms with Crippen molar-refractivity contribution in [1.82, 2.24) is 9.97 Å². The highest BCUT2D eigenvalue weighted by molar-refractivity contribution is 9.10. The van der Waals surface area contributed by atoms with E-state index < -0.39 is 0 Å². The van der Waals surface area contributed by atoms with Gasteiger partial charge in [0.15, 0.2) is 0 Å². The van der Waals surface area contributed by atoms with Crippen LogP contribution in [0.25, 0.3) is 0 Å². The molecule has 16 heavy (non-hydrogen) atoms. The number of hydrogen-bond acceptors (Lipinski definition) is 4. The minimum absolute atomic E-state index is 0.695. The molecule has 2 heterocycles. The highest BCUT2D eigenvalue weighted by Gasteiger charge is 2.39. The summed E-state index contributed by atoms with van der Waals surface area (Å²) in [7, 11) is 1.88. The van der Waals surface area contributed by atoms with E-state index >= 15 is 0 Å². The molecule has 1 aromatic heterocycles. The van der Waals surface area contributed by atoms with Crippen LogP contribution in [-0.2, 0) is 0 Å². The second-order valence-corrected chi connectivity index (χ2v) is 5.39. The first-order valence-electron chi connectivity index (χ1n) is 5.74. The maximum absolute atomic E-state index is 4.42. The van der Waals surface area contributed by atoms with Crippen molar-refractivity contribution in [2.75, 3.05) is 23.8 Å². The van der Waals surface area contributed by atoms with Crippen molar-refractivity contribution in [2.24, 2.45) is 5.92 Å². The average molecular weight is 283 g/mol. The van der Waals surface area contributed by atoms with E-state index in [1.807, 2.05) is 7.05 Å². The van der Waals surface area contributed by atoms with E-state index in [0.717, 1.165) is 28.6 Å². The summed E-state index contributed by atoms with van der Waals surface area (Å²) in [6.07, 6.45) is 5.68. The van der Waals surface area contributed by atoms with Gasteiger partial charge in [0.1, 0.15) is 22.4 Å². The maximum Gasteiger partial charge on any atom is 0.148 e. The zero-order chi connectivity index (χ0) is 11.1. The number of halogens is 1. The predicted molar refractivity (Wildman–Crippen MR) is 67.8 cm³/mol. The van der Waals surface area contributed by atoms with Crippen LogP contribution in [0.4, 0.5) is 11.6 Å². The molecule has 4 nitrogen and oxygen atoms in total. The molecule has 2 aliphatic rings. The summed E-state index contributed by atoms with van der Waals surface area (Å²) >= 11 is 3.59. The normalized spacial score (nSPS) is 27.5. The smallest absolute Gasteiger partial charge is 0.148 e. The largest absolute Gasteiger partial charge is 0.372 e. The van der Waals surface area contributed by atoms with Crippen molar-refractivity contribution >= 4 is 27.6 Å². The first kappa shape index (κ1) is 10.3. The lowest BCUT2D eigenvalue weighted by Crippen LogP contribution is -2.33. The zero-order valence-corrected chi connectivity index (χ0v) is 10.9. The molecule has 2 unspecified atom stereocenters. The quantitative estimate of drug-likeness (QED) is 0.904. The van der Waals surface area contributed by atoms with Crippen molar-refractivity contribution in [3.63, 3.8) is 0 Å². The van der Waals surface area contributed by atoms with Crippen LogP contribution in [0.2, 0.25) is 0 Å². The molecule has 5 heteroatoms. The van der Waals surface area contributed by atoms with Crippen LogP contribution in [0.15, 0.2) is 10.8 Å². The Morgan fingerprint density at radius 1 is 1.44 bits per heavy atom. The van der Waals surface area contributed by atoms with Crippen molar-refractivity contribution in [3.05, 3.63) is 10.8 Å². The number of nitrogens with zero attached hydrogens (tertiary/aromatic N) is 3. The lowest BCUT2D eigenvalue weighted by molar-refractivity contribution is 0.549. The van der Waals surface area contributed by atoms with Crippen molar-refractivity contribution < 1.29 is 0 Å². The first-order valence-corrected chi connectivity index (χ1v) is 6.53. The Morgan fingerprint density at radius 2 is 2.31 bits per heavy atom. The fourth-order valence-corrected chi connectivity index (χ4v) is 3.55. The van der Waals surface area contributed by atoms with Crippen LogP contribution < -0.4 is 10.2 Å². The number of hydrogen-bond donors (Lipinski definition) is 1. The number of rotatable bonds is 2. The molecule has 86 valence electrons. The Bertz CT molecular complexity index is 409. The van der Waals surface area contributed by atoms with Gasteiger partial charge in [0, 0.05) is 19.6 Å². The van der Waals surface area contributed by atoms with E-state index in [4.69, 9.17) is 0 Å². The Balaban J connectivity index is 1.95. The molecule has 1 aliphatic heterocycles. The minimum Gasteiger partial charge on any atom is -0.372 e. The molecule has 0 aromatic carbocycles. The molecule has 1 aliphatic carbocycles. The zero-order valence-electron chi connectivity index (χ0n) is 9.28. The van der Waals surface area contributed by atoms with Gasteiger partial charge in [-0.1, -0.05) is 0 Å². The highest BCUT2D eigenvalue weighted by atomic mass is 79.9. The summed E-state index contributed by atoms with van der Waals surface area (Å²) in [5.41, 5.74) is 0. The molecule has 3 rings (SSSR count). The predicted octanol–water partition coefficient (Wildman–Crippen LogP) is 2.27. The monoisotopic (exact) mass is 282 g/mol. The van der Waals surface area contributed by atoms with Gasteiger partial charge >= 0.3 is 0 Å². The average Bonchev–Trinajstić information content (AvgIpc) is 2.91. The topological polar surface area (TPSA) is 41.1 Å². The third kappa shape index (κ3) is 1.49. The third-order valence-electron chi connectivity index (χ3n) is 3.69. The van der Waals surface area contributed by atoms with E-state index in [1.165, 1.54) is 19.3 Å². The highest BCUT2D eigenvalue weighted by Crippen LogP contribution is 2.42. The number of piperidine rings is 1. The molecular weight excluding hydrogens is 268 g/mol. The van der Waals surface area contributed by atoms with Gasteiger partial charge < -0.3 is 10.2 Å². The Morgan fingerprint density at radius 3 is 2.94 bits per heavy atom. The summed E-state index contributed by atoms with van der Waals surface area (Å²) in [4.78, 5) is 11.0. The summed E-state index contributed by atoms with van der Waals surface area (Å²) in [6, 6.07) is 0.695. The standard InChI is InChI=1S/C11H15BrN4/c1-13-10-9(12)11(15-6-14-10)16-5-7-2-3-8(16)4-7/h6-8H,2-5H2,1H3,(H,13,14,15). The molecule has 0 amide bonds. The third-order valence-corrected chi connectivity index (χ3v) is 4.42. The van der Waals surface area contributed by atoms with Crippen LogP contribution in [0, 0.1) is 5.92 Å². The Labute approximate surface area is 104 Å². The second kappa shape index (κ2) is 3.87. The van der Waals surface area contributed by atoms with Crippen molar-refractivity contribution in [1.29, 1.82) is 0 Å². The number of fused-ring (bicyclic) bond motifs is 2. The van der Waals surface area contributed by atoms with Crippen LogP contribution in [0.3, 0.4) is 0 Å². The van der Waals surface area contributed by atoms with Gasteiger partial charge in [-0.3, -0.25) is 0 Å². The Kier molecular flexibility index (Phi) is 2.50. The number of nitrogens with one attached hydrogen (secondary N) is 1. The van der Waals surface area contributed by atoms with Crippen molar-refractivity contribution in [2.45, 2.75) is 25.3 Å². The van der Waals surface area contributed by atoms with Gasteiger partial charge in [-0.25, -0.2) is 9.97 Å². The number of aromatic nitrogens is 2. The summed E-state index contributed by atoms with van der Waals surface area (Å²) in [5, 5.41) is 3.08. The molecule has 1 N–H and O–H groups in total. The Hall–Kier alpha value is -0.840. The lowest BCUT2D eigenvalue weighted by atomic mass is 10.1. The van der Waals surface area contributed by atoms with E-state index in [-0.39, 0.29) is 0 Å². The number of anilines is 2. The maximum atomic E-state index is 4.42. The molecule has 1 saturated carbocycles. The molecule has 0 spiro atoms. The van der Waals surface area contributed by atoms with Crippen molar-refractivity contribution in [3.8, 4) is 0 Å². The van der Waals surface area contributed by atoms with E-state index in [0.29, 0.717) is 6.04 Å². The summed E-state index contributed by atoms with van der Waals surface area (Å²) < 4.78 is 0.991. The second-order valence-electron chi connectivity index (χ2n) is 4.60. The van der Waals surface area contributed by atoms with Gasteiger partial charge in [-0.2, -0.15) is 0 Å². The molecular formula is C11H15BrN4.